The summed E-state index contributed by atoms with van der Waals surface area (Å²) in [5, 5.41) is 11.0. The highest BCUT2D eigenvalue weighted by Crippen LogP contribution is 2.30. The van der Waals surface area contributed by atoms with Crippen LogP contribution in [0.15, 0.2) is 30.6 Å². The summed E-state index contributed by atoms with van der Waals surface area (Å²) >= 11 is 11.6. The number of likely N-dealkylation sites (tertiary alicyclic amines) is 1. The Morgan fingerprint density at radius 2 is 2.16 bits per heavy atom. The standard InChI is InChI=1S/C20H24ClN7O2S/c1-26-11-13(10-22-26)19(29)23-15-5-7-27(8-6-15)12-28-20(31)24-18(25-28)16-9-14(21)3-4-17(16)30-2/h3-4,9-11,15H,5-8,12H2,1-2H3,(H,23,29)(H,24,25,31). The Morgan fingerprint density at radius 3 is 2.84 bits per heavy atom. The number of benzene rings is 1. The van der Waals surface area contributed by atoms with Gasteiger partial charge in [-0.3, -0.25) is 19.5 Å². The number of aryl methyl sites for hydroxylation is 1. The van der Waals surface area contributed by atoms with E-state index < -0.39 is 0 Å². The Hall–Kier alpha value is -2.69. The maximum Gasteiger partial charge on any atom is 0.254 e. The highest BCUT2D eigenvalue weighted by atomic mass is 35.5. The maximum absolute atomic E-state index is 12.3. The smallest absolute Gasteiger partial charge is 0.254 e. The summed E-state index contributed by atoms with van der Waals surface area (Å²) in [6.07, 6.45) is 5.03. The third-order valence-electron chi connectivity index (χ3n) is 5.33. The highest BCUT2D eigenvalue weighted by molar-refractivity contribution is 7.71. The molecule has 0 aliphatic carbocycles. The third-order valence-corrected chi connectivity index (χ3v) is 5.87. The summed E-state index contributed by atoms with van der Waals surface area (Å²) < 4.78 is 9.34. The fraction of sp³-hybridized carbons (Fsp3) is 0.400. The summed E-state index contributed by atoms with van der Waals surface area (Å²) in [5.41, 5.74) is 1.34. The molecule has 1 aliphatic heterocycles. The monoisotopic (exact) mass is 461 g/mol. The first kappa shape index (κ1) is 21.5. The predicted octanol–water partition coefficient (Wildman–Crippen LogP) is 2.86. The van der Waals surface area contributed by atoms with Crippen LogP contribution in [0.3, 0.4) is 0 Å². The number of aromatic nitrogens is 5. The van der Waals surface area contributed by atoms with Crippen LogP contribution in [0.2, 0.25) is 5.02 Å². The molecule has 0 bridgehead atoms. The minimum absolute atomic E-state index is 0.0811. The highest BCUT2D eigenvalue weighted by Gasteiger charge is 2.22. The van der Waals surface area contributed by atoms with Crippen LogP contribution < -0.4 is 10.1 Å². The average Bonchev–Trinajstić information content (AvgIpc) is 3.35. The van der Waals surface area contributed by atoms with Gasteiger partial charge in [0.05, 0.1) is 31.1 Å². The first-order valence-corrected chi connectivity index (χ1v) is 10.7. The molecule has 0 radical (unpaired) electrons. The molecule has 164 valence electrons. The zero-order valence-electron chi connectivity index (χ0n) is 17.3. The number of nitrogens with zero attached hydrogens (tertiary/aromatic N) is 5. The molecule has 1 aromatic carbocycles. The molecule has 3 aromatic rings. The number of carbonyl (C=O) groups is 1. The van der Waals surface area contributed by atoms with Gasteiger partial charge in [-0.15, -0.1) is 0 Å². The largest absolute Gasteiger partial charge is 0.496 e. The van der Waals surface area contributed by atoms with Crippen LogP contribution in [0.4, 0.5) is 0 Å². The topological polar surface area (TPSA) is 93.0 Å². The molecule has 0 saturated carbocycles. The Bertz CT molecular complexity index is 1130. The molecule has 9 nitrogen and oxygen atoms in total. The van der Waals surface area contributed by atoms with Crippen LogP contribution in [0.5, 0.6) is 5.75 Å². The van der Waals surface area contributed by atoms with E-state index in [1.165, 1.54) is 0 Å². The molecule has 1 amide bonds. The van der Waals surface area contributed by atoms with Crippen LogP contribution in [0.25, 0.3) is 11.4 Å². The zero-order valence-corrected chi connectivity index (χ0v) is 18.9. The first-order valence-electron chi connectivity index (χ1n) is 9.95. The summed E-state index contributed by atoms with van der Waals surface area (Å²) in [5.74, 6) is 1.20. The number of hydrogen-bond donors (Lipinski definition) is 2. The van der Waals surface area contributed by atoms with E-state index in [-0.39, 0.29) is 11.9 Å². The normalized spacial score (nSPS) is 15.2. The van der Waals surface area contributed by atoms with Crippen molar-refractivity contribution in [2.75, 3.05) is 20.2 Å². The molecule has 0 unspecified atom stereocenters. The van der Waals surface area contributed by atoms with Crippen molar-refractivity contribution in [1.29, 1.82) is 0 Å². The van der Waals surface area contributed by atoms with E-state index in [9.17, 15) is 4.79 Å². The number of amides is 1. The number of piperidine rings is 1. The molecule has 1 aliphatic rings. The number of carbonyl (C=O) groups excluding carboxylic acids is 1. The van der Waals surface area contributed by atoms with E-state index in [0.29, 0.717) is 33.6 Å². The minimum Gasteiger partial charge on any atom is -0.496 e. The lowest BCUT2D eigenvalue weighted by molar-refractivity contribution is 0.0896. The quantitative estimate of drug-likeness (QED) is 0.548. The van der Waals surface area contributed by atoms with Gasteiger partial charge in [-0.25, -0.2) is 4.68 Å². The van der Waals surface area contributed by atoms with E-state index in [1.54, 1.807) is 49.4 Å². The van der Waals surface area contributed by atoms with Crippen molar-refractivity contribution in [3.8, 4) is 17.1 Å². The fourth-order valence-corrected chi connectivity index (χ4v) is 4.03. The van der Waals surface area contributed by atoms with Crippen LogP contribution in [0, 0.1) is 4.77 Å². The van der Waals surface area contributed by atoms with E-state index >= 15 is 0 Å². The number of nitrogens with one attached hydrogen (secondary N) is 2. The number of hydrogen-bond acceptors (Lipinski definition) is 6. The van der Waals surface area contributed by atoms with Crippen LogP contribution in [-0.2, 0) is 13.7 Å². The molecular weight excluding hydrogens is 438 g/mol. The summed E-state index contributed by atoms with van der Waals surface area (Å²) in [6, 6.07) is 5.52. The molecule has 1 saturated heterocycles. The Labute approximate surface area is 190 Å². The second-order valence-electron chi connectivity index (χ2n) is 7.54. The Balaban J connectivity index is 1.37. The second-order valence-corrected chi connectivity index (χ2v) is 8.34. The lowest BCUT2D eigenvalue weighted by atomic mass is 10.1. The fourth-order valence-electron chi connectivity index (χ4n) is 3.66. The summed E-state index contributed by atoms with van der Waals surface area (Å²) in [7, 11) is 3.40. The van der Waals surface area contributed by atoms with E-state index in [1.807, 2.05) is 4.68 Å². The summed E-state index contributed by atoms with van der Waals surface area (Å²) in [6.45, 7) is 2.28. The van der Waals surface area contributed by atoms with Crippen LogP contribution >= 0.6 is 23.8 Å². The number of aromatic amines is 1. The molecule has 2 N–H and O–H groups in total. The van der Waals surface area contributed by atoms with Crippen LogP contribution in [0.1, 0.15) is 23.2 Å². The van der Waals surface area contributed by atoms with Gasteiger partial charge in [-0.2, -0.15) is 10.1 Å². The van der Waals surface area contributed by atoms with Crippen molar-refractivity contribution < 1.29 is 9.53 Å². The SMILES string of the molecule is COc1ccc(Cl)cc1-c1nc(=S)n(CN2CCC(NC(=O)c3cnn(C)c3)CC2)[nH]1. The Morgan fingerprint density at radius 1 is 1.39 bits per heavy atom. The van der Waals surface area contributed by atoms with Gasteiger partial charge in [0.15, 0.2) is 5.82 Å². The first-order chi connectivity index (χ1) is 14.9. The number of methoxy groups -OCH3 is 1. The zero-order chi connectivity index (χ0) is 22.0. The van der Waals surface area contributed by atoms with Gasteiger partial charge in [0, 0.05) is 37.4 Å². The van der Waals surface area contributed by atoms with Crippen molar-refractivity contribution >= 4 is 29.7 Å². The minimum atomic E-state index is -0.0811. The van der Waals surface area contributed by atoms with Gasteiger partial charge in [-0.05, 0) is 43.3 Å². The van der Waals surface area contributed by atoms with Crippen molar-refractivity contribution in [3.63, 3.8) is 0 Å². The van der Waals surface area contributed by atoms with Gasteiger partial charge in [0.25, 0.3) is 5.91 Å². The lowest BCUT2D eigenvalue weighted by Crippen LogP contribution is -2.45. The molecule has 3 heterocycles. The molecule has 0 spiro atoms. The van der Waals surface area contributed by atoms with Gasteiger partial charge in [0.2, 0.25) is 4.77 Å². The number of H-pyrrole nitrogens is 1. The lowest BCUT2D eigenvalue weighted by Gasteiger charge is -2.32. The van der Waals surface area contributed by atoms with Crippen molar-refractivity contribution in [1.82, 2.24) is 34.8 Å². The van der Waals surface area contributed by atoms with Crippen LogP contribution in [-0.4, -0.2) is 61.6 Å². The molecular formula is C20H24ClN7O2S. The summed E-state index contributed by atoms with van der Waals surface area (Å²) in [4.78, 5) is 19.1. The third kappa shape index (κ3) is 4.97. The Kier molecular flexibility index (Phi) is 6.40. The van der Waals surface area contributed by atoms with E-state index in [2.05, 4.69) is 25.4 Å². The molecule has 11 heteroatoms. The second kappa shape index (κ2) is 9.21. The molecule has 2 aromatic heterocycles. The molecule has 4 rings (SSSR count). The van der Waals surface area contributed by atoms with E-state index in [4.69, 9.17) is 28.6 Å². The predicted molar refractivity (Wildman–Crippen MR) is 120 cm³/mol. The molecule has 1 fully saturated rings. The van der Waals surface area contributed by atoms with Crippen molar-refractivity contribution in [2.45, 2.75) is 25.6 Å². The average molecular weight is 462 g/mol. The number of rotatable bonds is 6. The number of halogens is 1. The number of ether oxygens (including phenoxy) is 1. The maximum atomic E-state index is 12.3. The molecule has 31 heavy (non-hydrogen) atoms. The van der Waals surface area contributed by atoms with Crippen molar-refractivity contribution in [2.24, 2.45) is 7.05 Å². The van der Waals surface area contributed by atoms with E-state index in [0.717, 1.165) is 31.5 Å². The van der Waals surface area contributed by atoms with Gasteiger partial charge >= 0.3 is 0 Å². The van der Waals surface area contributed by atoms with Gasteiger partial charge < -0.3 is 10.1 Å². The van der Waals surface area contributed by atoms with Gasteiger partial charge in [-0.1, -0.05) is 11.6 Å². The van der Waals surface area contributed by atoms with Gasteiger partial charge in [0.1, 0.15) is 5.75 Å². The molecule has 0 atom stereocenters. The van der Waals surface area contributed by atoms with Crippen molar-refractivity contribution in [3.05, 3.63) is 45.9 Å².